The molecule has 0 aromatic carbocycles. The predicted octanol–water partition coefficient (Wildman–Crippen LogP) is 4.89. The molecule has 0 N–H and O–H groups in total. The van der Waals surface area contributed by atoms with Gasteiger partial charge in [0.25, 0.3) is 0 Å². The van der Waals surface area contributed by atoms with E-state index < -0.39 is 29.1 Å². The number of hydrogen-bond acceptors (Lipinski definition) is 3. The van der Waals surface area contributed by atoms with Crippen LogP contribution in [0.15, 0.2) is 17.5 Å². The van der Waals surface area contributed by atoms with E-state index in [4.69, 9.17) is 0 Å². The van der Waals surface area contributed by atoms with Gasteiger partial charge in [0, 0.05) is 0 Å². The fourth-order valence-electron chi connectivity index (χ4n) is 5.93. The highest BCUT2D eigenvalue weighted by atomic mass is 32.1. The van der Waals surface area contributed by atoms with Crippen LogP contribution < -0.4 is 0 Å². The third-order valence-corrected chi connectivity index (χ3v) is 7.15. The summed E-state index contributed by atoms with van der Waals surface area (Å²) in [6.07, 6.45) is 0.00678. The van der Waals surface area contributed by atoms with Crippen LogP contribution in [0.1, 0.15) is 48.2 Å². The van der Waals surface area contributed by atoms with Gasteiger partial charge in [0.05, 0.1) is 10.8 Å². The Morgan fingerprint density at radius 3 is 2.04 bits per heavy atom. The summed E-state index contributed by atoms with van der Waals surface area (Å²) in [7, 11) is 0. The smallest absolute Gasteiger partial charge is 0.292 e. The average Bonchev–Trinajstić information content (AvgIpc) is 2.98. The van der Waals surface area contributed by atoms with E-state index in [1.54, 1.807) is 11.4 Å². The van der Waals surface area contributed by atoms with Gasteiger partial charge in [-0.1, -0.05) is 6.07 Å². The first-order valence-electron chi connectivity index (χ1n) is 8.47. The first-order chi connectivity index (χ1) is 11.3. The zero-order valence-corrected chi connectivity index (χ0v) is 14.0. The van der Waals surface area contributed by atoms with Crippen LogP contribution in [0.4, 0.5) is 13.2 Å². The van der Waals surface area contributed by atoms with Crippen molar-refractivity contribution in [2.75, 3.05) is 0 Å². The number of carbonyl (C=O) groups is 2. The fourth-order valence-corrected chi connectivity index (χ4v) is 6.63. The number of thiophene rings is 1. The third-order valence-electron chi connectivity index (χ3n) is 6.27. The quantitative estimate of drug-likeness (QED) is 0.568. The van der Waals surface area contributed by atoms with Gasteiger partial charge in [-0.3, -0.25) is 9.59 Å². The second kappa shape index (κ2) is 5.41. The van der Waals surface area contributed by atoms with Crippen molar-refractivity contribution in [1.82, 2.24) is 0 Å². The van der Waals surface area contributed by atoms with Crippen molar-refractivity contribution >= 4 is 22.9 Å². The van der Waals surface area contributed by atoms with Gasteiger partial charge >= 0.3 is 6.18 Å². The Labute approximate surface area is 142 Å². The molecule has 1 unspecified atom stereocenters. The Morgan fingerprint density at radius 2 is 1.62 bits per heavy atom. The van der Waals surface area contributed by atoms with Crippen LogP contribution >= 0.6 is 11.3 Å². The normalized spacial score (nSPS) is 35.9. The Hall–Kier alpha value is -1.17. The molecular formula is C18H19F3O2S. The summed E-state index contributed by atoms with van der Waals surface area (Å²) in [5.74, 6) is -2.84. The molecule has 1 aromatic rings. The molecule has 4 fully saturated rings. The molecule has 1 aromatic heterocycles. The maximum atomic E-state index is 13.3. The van der Waals surface area contributed by atoms with Crippen LogP contribution in [0.25, 0.3) is 0 Å². The monoisotopic (exact) mass is 356 g/mol. The summed E-state index contributed by atoms with van der Waals surface area (Å²) in [5, 5.41) is 1.67. The van der Waals surface area contributed by atoms with Gasteiger partial charge in [-0.25, -0.2) is 0 Å². The van der Waals surface area contributed by atoms with Crippen molar-refractivity contribution in [1.29, 1.82) is 0 Å². The lowest BCUT2D eigenvalue weighted by molar-refractivity contribution is -0.183. The van der Waals surface area contributed by atoms with Crippen LogP contribution in [-0.2, 0) is 4.79 Å². The average molecular weight is 356 g/mol. The molecule has 4 aliphatic carbocycles. The van der Waals surface area contributed by atoms with Crippen molar-refractivity contribution in [3.05, 3.63) is 22.4 Å². The van der Waals surface area contributed by atoms with Crippen molar-refractivity contribution in [2.24, 2.45) is 29.1 Å². The van der Waals surface area contributed by atoms with Crippen molar-refractivity contribution in [2.45, 2.75) is 44.7 Å². The van der Waals surface area contributed by atoms with E-state index in [2.05, 4.69) is 0 Å². The molecule has 1 heterocycles. The zero-order chi connectivity index (χ0) is 17.1. The van der Waals surface area contributed by atoms with Gasteiger partial charge in [0.2, 0.25) is 5.78 Å². The molecule has 5 rings (SSSR count). The first kappa shape index (κ1) is 16.3. The molecule has 0 amide bonds. The van der Waals surface area contributed by atoms with E-state index in [1.807, 2.05) is 0 Å². The number of ketones is 2. The summed E-state index contributed by atoms with van der Waals surface area (Å²) in [5.41, 5.74) is -0.775. The Kier molecular flexibility index (Phi) is 3.68. The SMILES string of the molecule is O=C(c1cccs1)C(C(=O)C(F)(F)F)C12CC3CC(CC(C3)C1)C2. The van der Waals surface area contributed by atoms with Crippen LogP contribution in [-0.4, -0.2) is 17.7 Å². The molecule has 0 radical (unpaired) electrons. The molecule has 2 nitrogen and oxygen atoms in total. The number of Topliss-reactive ketones (excluding diaryl/α,β-unsaturated/α-hetero) is 2. The second-order valence-corrected chi connectivity index (χ2v) is 8.86. The number of halogens is 3. The molecular weight excluding hydrogens is 337 g/mol. The van der Waals surface area contributed by atoms with Crippen LogP contribution in [0.2, 0.25) is 0 Å². The van der Waals surface area contributed by atoms with Gasteiger partial charge in [-0.05, 0) is 73.1 Å². The summed E-state index contributed by atoms with van der Waals surface area (Å²) in [4.78, 5) is 25.4. The topological polar surface area (TPSA) is 34.1 Å². The van der Waals surface area contributed by atoms with Crippen molar-refractivity contribution < 1.29 is 22.8 Å². The molecule has 1 atom stereocenters. The van der Waals surface area contributed by atoms with E-state index in [1.165, 1.54) is 6.07 Å². The summed E-state index contributed by atoms with van der Waals surface area (Å²) < 4.78 is 39.9. The molecule has 6 heteroatoms. The minimum Gasteiger partial charge on any atom is -0.292 e. The maximum absolute atomic E-state index is 13.3. The maximum Gasteiger partial charge on any atom is 0.450 e. The van der Waals surface area contributed by atoms with Crippen LogP contribution in [0.3, 0.4) is 0 Å². The lowest BCUT2D eigenvalue weighted by Crippen LogP contribution is -2.55. The molecule has 24 heavy (non-hydrogen) atoms. The third kappa shape index (κ3) is 2.54. The molecule has 4 bridgehead atoms. The molecule has 0 aliphatic heterocycles. The Balaban J connectivity index is 1.75. The van der Waals surface area contributed by atoms with Crippen LogP contribution in [0.5, 0.6) is 0 Å². The van der Waals surface area contributed by atoms with Crippen molar-refractivity contribution in [3.8, 4) is 0 Å². The van der Waals surface area contributed by atoms with Gasteiger partial charge in [0.1, 0.15) is 0 Å². The number of carbonyl (C=O) groups excluding carboxylic acids is 2. The lowest BCUT2D eigenvalue weighted by Gasteiger charge is -2.58. The zero-order valence-electron chi connectivity index (χ0n) is 13.1. The van der Waals surface area contributed by atoms with E-state index in [0.29, 0.717) is 37.0 Å². The molecule has 4 saturated carbocycles. The largest absolute Gasteiger partial charge is 0.450 e. The summed E-state index contributed by atoms with van der Waals surface area (Å²) in [6, 6.07) is 3.18. The van der Waals surface area contributed by atoms with E-state index >= 15 is 0 Å². The number of hydrogen-bond donors (Lipinski definition) is 0. The Morgan fingerprint density at radius 1 is 1.08 bits per heavy atom. The van der Waals surface area contributed by atoms with Gasteiger partial charge in [0.15, 0.2) is 5.78 Å². The second-order valence-electron chi connectivity index (χ2n) is 7.92. The van der Waals surface area contributed by atoms with Crippen molar-refractivity contribution in [3.63, 3.8) is 0 Å². The minimum absolute atomic E-state index is 0.272. The van der Waals surface area contributed by atoms with Gasteiger partial charge in [-0.15, -0.1) is 11.3 Å². The Bertz CT molecular complexity index is 627. The predicted molar refractivity (Wildman–Crippen MR) is 83.8 cm³/mol. The molecule has 0 saturated heterocycles. The lowest BCUT2D eigenvalue weighted by atomic mass is 9.45. The number of alkyl halides is 3. The highest BCUT2D eigenvalue weighted by molar-refractivity contribution is 7.12. The molecule has 0 spiro atoms. The van der Waals surface area contributed by atoms with Gasteiger partial charge < -0.3 is 0 Å². The van der Waals surface area contributed by atoms with E-state index in [0.717, 1.165) is 30.6 Å². The highest BCUT2D eigenvalue weighted by Gasteiger charge is 2.61. The summed E-state index contributed by atoms with van der Waals surface area (Å²) >= 11 is 1.12. The highest BCUT2D eigenvalue weighted by Crippen LogP contribution is 2.63. The summed E-state index contributed by atoms with van der Waals surface area (Å²) in [6.45, 7) is 0. The standard InChI is InChI=1S/C18H19F3O2S/c19-18(20,21)16(23)14(15(22)13-2-1-3-24-13)17-7-10-4-11(8-17)6-12(5-10)9-17/h1-3,10-12,14H,4-9H2. The molecule has 130 valence electrons. The van der Waals surface area contributed by atoms with E-state index in [-0.39, 0.29) is 4.88 Å². The van der Waals surface area contributed by atoms with Gasteiger partial charge in [-0.2, -0.15) is 13.2 Å². The fraction of sp³-hybridized carbons (Fsp3) is 0.667. The number of rotatable bonds is 4. The minimum atomic E-state index is -4.96. The first-order valence-corrected chi connectivity index (χ1v) is 9.35. The van der Waals surface area contributed by atoms with Crippen LogP contribution in [0, 0.1) is 29.1 Å². The van der Waals surface area contributed by atoms with E-state index in [9.17, 15) is 22.8 Å². The molecule has 4 aliphatic rings.